The molecular weight excluding hydrogens is 476 g/mol. The molecule has 0 aromatic carbocycles. The number of aliphatic hydroxyl groups is 2. The highest BCUT2D eigenvalue weighted by atomic mass is 16.6. The summed E-state index contributed by atoms with van der Waals surface area (Å²) in [6.07, 6.45) is 0.467. The number of fused-ring (bicyclic) bond motifs is 1. The second-order valence-corrected chi connectivity index (χ2v) is 9.21. The number of esters is 1. The maximum atomic E-state index is 12.4. The number of alkyl carbamates (subject to hydrolysis) is 1. The van der Waals surface area contributed by atoms with Crippen LogP contribution in [-0.4, -0.2) is 85.3 Å². The van der Waals surface area contributed by atoms with E-state index in [4.69, 9.17) is 14.2 Å². The Morgan fingerprint density at radius 3 is 2.69 bits per heavy atom. The Morgan fingerprint density at radius 1 is 1.22 bits per heavy atom. The first-order valence-corrected chi connectivity index (χ1v) is 11.6. The number of nitrogens with one attached hydrogen (secondary N) is 2. The van der Waals surface area contributed by atoms with Gasteiger partial charge in [-0.25, -0.2) is 19.7 Å². The highest BCUT2D eigenvalue weighted by Crippen LogP contribution is 2.31. The Kier molecular flexibility index (Phi) is 9.12. The first-order chi connectivity index (χ1) is 17.1. The van der Waals surface area contributed by atoms with Crippen LogP contribution in [0.1, 0.15) is 52.7 Å². The van der Waals surface area contributed by atoms with Crippen LogP contribution in [0.4, 0.5) is 10.6 Å². The fourth-order valence-electron chi connectivity index (χ4n) is 3.45. The molecule has 14 nitrogen and oxygen atoms in total. The van der Waals surface area contributed by atoms with Crippen LogP contribution < -0.4 is 10.6 Å². The molecule has 0 radical (unpaired) electrons. The monoisotopic (exact) mass is 508 g/mol. The van der Waals surface area contributed by atoms with E-state index in [9.17, 15) is 24.6 Å². The molecule has 2 aromatic rings. The average molecular weight is 509 g/mol. The van der Waals surface area contributed by atoms with Crippen molar-refractivity contribution in [2.45, 2.75) is 70.5 Å². The van der Waals surface area contributed by atoms with Crippen LogP contribution in [0, 0.1) is 0 Å². The number of ether oxygens (including phenoxy) is 3. The summed E-state index contributed by atoms with van der Waals surface area (Å²) in [5.74, 6) is -0.835. The Balaban J connectivity index is 1.42. The van der Waals surface area contributed by atoms with E-state index < -0.39 is 42.0 Å². The first-order valence-electron chi connectivity index (χ1n) is 11.6. The number of aromatic nitrogens is 4. The van der Waals surface area contributed by atoms with Crippen LogP contribution in [-0.2, 0) is 23.8 Å². The number of amides is 2. The molecule has 3 rings (SSSR count). The maximum absolute atomic E-state index is 12.4. The molecular formula is C22H32N6O8. The molecule has 0 bridgehead atoms. The molecule has 0 spiro atoms. The first kappa shape index (κ1) is 27.2. The molecule has 0 saturated carbocycles. The summed E-state index contributed by atoms with van der Waals surface area (Å²) in [5.41, 5.74) is 0.110. The number of hydrogen-bond acceptors (Lipinski definition) is 11. The van der Waals surface area contributed by atoms with Crippen LogP contribution in [0.5, 0.6) is 0 Å². The maximum Gasteiger partial charge on any atom is 0.407 e. The number of rotatable bonds is 10. The van der Waals surface area contributed by atoms with Crippen molar-refractivity contribution in [3.8, 4) is 0 Å². The summed E-state index contributed by atoms with van der Waals surface area (Å²) < 4.78 is 17.4. The molecule has 1 fully saturated rings. The van der Waals surface area contributed by atoms with Crippen LogP contribution >= 0.6 is 0 Å². The zero-order chi connectivity index (χ0) is 26.3. The van der Waals surface area contributed by atoms with E-state index in [2.05, 4.69) is 25.6 Å². The number of aliphatic hydroxyl groups excluding tert-OH is 2. The van der Waals surface area contributed by atoms with Crippen molar-refractivity contribution in [2.24, 2.45) is 0 Å². The molecule has 3 atom stereocenters. The SMILES string of the molecule is CC(C)(C)OC(=O)NCCCOC(=O)CCC(=O)Nc1ncnc2c1ncn2[C@H]1CC(O)[C@@H](CO)O1. The van der Waals surface area contributed by atoms with Gasteiger partial charge in [-0.3, -0.25) is 14.2 Å². The minimum Gasteiger partial charge on any atom is -0.466 e. The van der Waals surface area contributed by atoms with Gasteiger partial charge in [-0.2, -0.15) is 0 Å². The smallest absolute Gasteiger partial charge is 0.407 e. The van der Waals surface area contributed by atoms with Gasteiger partial charge < -0.3 is 35.1 Å². The van der Waals surface area contributed by atoms with Crippen LogP contribution in [0.3, 0.4) is 0 Å². The van der Waals surface area contributed by atoms with Gasteiger partial charge in [-0.1, -0.05) is 0 Å². The van der Waals surface area contributed by atoms with Gasteiger partial charge in [-0.15, -0.1) is 0 Å². The topological polar surface area (TPSA) is 187 Å². The number of carbonyl (C=O) groups excluding carboxylic acids is 3. The number of hydrogen-bond donors (Lipinski definition) is 4. The lowest BCUT2D eigenvalue weighted by Gasteiger charge is -2.19. The quantitative estimate of drug-likeness (QED) is 0.260. The Hall–Kier alpha value is -3.36. The minimum absolute atomic E-state index is 0.0926. The molecule has 14 heteroatoms. The van der Waals surface area contributed by atoms with Crippen molar-refractivity contribution in [2.75, 3.05) is 25.1 Å². The third-order valence-corrected chi connectivity index (χ3v) is 5.12. The van der Waals surface area contributed by atoms with Crippen molar-refractivity contribution < 1.29 is 38.8 Å². The van der Waals surface area contributed by atoms with Crippen molar-refractivity contribution in [1.82, 2.24) is 24.8 Å². The molecule has 1 aliphatic rings. The lowest BCUT2D eigenvalue weighted by molar-refractivity contribution is -0.144. The van der Waals surface area contributed by atoms with Crippen molar-refractivity contribution >= 4 is 35.0 Å². The lowest BCUT2D eigenvalue weighted by Crippen LogP contribution is -2.33. The van der Waals surface area contributed by atoms with Crippen LogP contribution in [0.25, 0.3) is 11.2 Å². The summed E-state index contributed by atoms with van der Waals surface area (Å²) in [4.78, 5) is 48.3. The standard InChI is InChI=1S/C22H32N6O8/c1-22(2,3)36-21(33)23-7-4-8-34-17(32)6-5-15(31)27-19-18-20(25-11-24-19)28(12-26-18)16-9-13(30)14(10-29)35-16/h11-14,16,29-30H,4-10H2,1-3H3,(H,23,33)(H,24,25,27,31)/t13?,14-,16-/m1/s1. The largest absolute Gasteiger partial charge is 0.466 e. The fourth-order valence-corrected chi connectivity index (χ4v) is 3.45. The Bertz CT molecular complexity index is 1070. The van der Waals surface area contributed by atoms with E-state index in [-0.39, 0.29) is 44.8 Å². The average Bonchev–Trinajstić information content (AvgIpc) is 3.40. The summed E-state index contributed by atoms with van der Waals surface area (Å²) in [7, 11) is 0. The van der Waals surface area contributed by atoms with Gasteiger partial charge in [0, 0.05) is 19.4 Å². The Morgan fingerprint density at radius 2 is 2.00 bits per heavy atom. The zero-order valence-corrected chi connectivity index (χ0v) is 20.5. The molecule has 2 amide bonds. The molecule has 1 aliphatic heterocycles. The van der Waals surface area contributed by atoms with Crippen LogP contribution in [0.2, 0.25) is 0 Å². The molecule has 36 heavy (non-hydrogen) atoms. The highest BCUT2D eigenvalue weighted by molar-refractivity contribution is 5.97. The number of anilines is 1. The summed E-state index contributed by atoms with van der Waals surface area (Å²) in [5, 5.41) is 24.4. The number of imidazole rings is 1. The van der Waals surface area contributed by atoms with Crippen LogP contribution in [0.15, 0.2) is 12.7 Å². The van der Waals surface area contributed by atoms with E-state index in [0.717, 1.165) is 0 Å². The zero-order valence-electron chi connectivity index (χ0n) is 20.5. The van der Waals surface area contributed by atoms with Gasteiger partial charge in [0.25, 0.3) is 0 Å². The van der Waals surface area contributed by atoms with E-state index >= 15 is 0 Å². The number of carbonyl (C=O) groups is 3. The molecule has 2 aromatic heterocycles. The Labute approximate surface area is 207 Å². The van der Waals surface area contributed by atoms with Gasteiger partial charge in [-0.05, 0) is 27.2 Å². The summed E-state index contributed by atoms with van der Waals surface area (Å²) in [6.45, 7) is 5.34. The highest BCUT2D eigenvalue weighted by Gasteiger charge is 2.35. The third kappa shape index (κ3) is 7.57. The second-order valence-electron chi connectivity index (χ2n) is 9.21. The predicted octanol–water partition coefficient (Wildman–Crippen LogP) is 0.644. The van der Waals surface area contributed by atoms with Gasteiger partial charge in [0.1, 0.15) is 24.3 Å². The summed E-state index contributed by atoms with van der Waals surface area (Å²) in [6, 6.07) is 0. The van der Waals surface area contributed by atoms with E-state index in [1.807, 2.05) is 0 Å². The van der Waals surface area contributed by atoms with Crippen molar-refractivity contribution in [3.05, 3.63) is 12.7 Å². The molecule has 198 valence electrons. The van der Waals surface area contributed by atoms with E-state index in [1.165, 1.54) is 12.7 Å². The molecule has 1 saturated heterocycles. The third-order valence-electron chi connectivity index (χ3n) is 5.12. The van der Waals surface area contributed by atoms with Gasteiger partial charge in [0.15, 0.2) is 17.0 Å². The van der Waals surface area contributed by atoms with Gasteiger partial charge >= 0.3 is 12.1 Å². The minimum atomic E-state index is -0.820. The van der Waals surface area contributed by atoms with Gasteiger partial charge in [0.2, 0.25) is 5.91 Å². The normalized spacial score (nSPS) is 19.8. The molecule has 4 N–H and O–H groups in total. The molecule has 0 aliphatic carbocycles. The fraction of sp³-hybridized carbons (Fsp3) is 0.636. The van der Waals surface area contributed by atoms with E-state index in [1.54, 1.807) is 25.3 Å². The van der Waals surface area contributed by atoms with Crippen molar-refractivity contribution in [1.29, 1.82) is 0 Å². The van der Waals surface area contributed by atoms with Gasteiger partial charge in [0.05, 0.1) is 32.1 Å². The molecule has 3 heterocycles. The second kappa shape index (κ2) is 12.1. The molecule has 1 unspecified atom stereocenters. The predicted molar refractivity (Wildman–Crippen MR) is 125 cm³/mol. The summed E-state index contributed by atoms with van der Waals surface area (Å²) >= 11 is 0. The number of nitrogens with zero attached hydrogens (tertiary/aromatic N) is 4. The lowest BCUT2D eigenvalue weighted by atomic mass is 10.2. The van der Waals surface area contributed by atoms with E-state index in [0.29, 0.717) is 17.6 Å². The van der Waals surface area contributed by atoms with Crippen molar-refractivity contribution in [3.63, 3.8) is 0 Å².